The van der Waals surface area contributed by atoms with Gasteiger partial charge in [-0.2, -0.15) is 0 Å². The highest BCUT2D eigenvalue weighted by atomic mass is 79.9. The number of hydrogen-bond donors (Lipinski definition) is 2. The third-order valence-electron chi connectivity index (χ3n) is 2.98. The van der Waals surface area contributed by atoms with Gasteiger partial charge in [0.05, 0.1) is 10.6 Å². The Hall–Kier alpha value is -1.37. The first-order valence-corrected chi connectivity index (χ1v) is 8.78. The third kappa shape index (κ3) is 4.30. The number of aliphatic hydroxyl groups is 1. The molecule has 0 aliphatic heterocycles. The molecule has 0 radical (unpaired) electrons. The van der Waals surface area contributed by atoms with Crippen LogP contribution in [0.25, 0.3) is 0 Å². The van der Waals surface area contributed by atoms with Crippen LogP contribution in [-0.2, 0) is 16.4 Å². The van der Waals surface area contributed by atoms with Gasteiger partial charge in [0, 0.05) is 11.1 Å². The molecule has 0 heterocycles. The molecule has 0 saturated carbocycles. The van der Waals surface area contributed by atoms with Crippen molar-refractivity contribution in [3.05, 3.63) is 58.6 Å². The molecule has 0 unspecified atom stereocenters. The smallest absolute Gasteiger partial charge is 0.261 e. The van der Waals surface area contributed by atoms with E-state index in [0.29, 0.717) is 16.6 Å². The molecular weight excluding hydrogens is 354 g/mol. The van der Waals surface area contributed by atoms with E-state index in [9.17, 15) is 8.42 Å². The van der Waals surface area contributed by atoms with Gasteiger partial charge in [-0.05, 0) is 58.6 Å². The van der Waals surface area contributed by atoms with E-state index in [0.717, 1.165) is 12.0 Å². The van der Waals surface area contributed by atoms with Crippen LogP contribution in [0, 0.1) is 0 Å². The van der Waals surface area contributed by atoms with E-state index in [-0.39, 0.29) is 11.5 Å². The van der Waals surface area contributed by atoms with Crippen molar-refractivity contribution in [2.24, 2.45) is 0 Å². The maximum Gasteiger partial charge on any atom is 0.261 e. The molecule has 4 nitrogen and oxygen atoms in total. The van der Waals surface area contributed by atoms with E-state index in [1.807, 2.05) is 6.07 Å². The van der Waals surface area contributed by atoms with Crippen LogP contribution in [-0.4, -0.2) is 20.1 Å². The fourth-order valence-corrected chi connectivity index (χ4v) is 3.46. The molecule has 21 heavy (non-hydrogen) atoms. The summed E-state index contributed by atoms with van der Waals surface area (Å²) >= 11 is 3.31. The van der Waals surface area contributed by atoms with Crippen molar-refractivity contribution in [1.29, 1.82) is 0 Å². The fourth-order valence-electron chi connectivity index (χ4n) is 1.87. The fraction of sp³-hybridized carbons (Fsp3) is 0.200. The summed E-state index contributed by atoms with van der Waals surface area (Å²) in [6, 6.07) is 13.7. The molecule has 0 aromatic heterocycles. The molecule has 0 amide bonds. The molecule has 2 aromatic rings. The zero-order valence-electron chi connectivity index (χ0n) is 11.3. The zero-order valence-corrected chi connectivity index (χ0v) is 13.7. The average molecular weight is 370 g/mol. The lowest BCUT2D eigenvalue weighted by Gasteiger charge is -2.10. The van der Waals surface area contributed by atoms with Crippen molar-refractivity contribution in [2.45, 2.75) is 17.7 Å². The Morgan fingerprint density at radius 3 is 2.33 bits per heavy atom. The lowest BCUT2D eigenvalue weighted by molar-refractivity contribution is 0.288. The molecule has 2 rings (SSSR count). The first kappa shape index (κ1) is 16.0. The quantitative estimate of drug-likeness (QED) is 0.821. The molecule has 6 heteroatoms. The summed E-state index contributed by atoms with van der Waals surface area (Å²) in [5.41, 5.74) is 1.51. The van der Waals surface area contributed by atoms with Gasteiger partial charge in [0.15, 0.2) is 0 Å². The normalized spacial score (nSPS) is 11.3. The molecule has 2 N–H and O–H groups in total. The van der Waals surface area contributed by atoms with Crippen LogP contribution < -0.4 is 4.72 Å². The van der Waals surface area contributed by atoms with E-state index in [1.165, 1.54) is 0 Å². The highest BCUT2D eigenvalue weighted by molar-refractivity contribution is 9.10. The van der Waals surface area contributed by atoms with Crippen molar-refractivity contribution < 1.29 is 13.5 Å². The second-order valence-corrected chi connectivity index (χ2v) is 7.09. The van der Waals surface area contributed by atoms with Crippen molar-refractivity contribution in [2.75, 3.05) is 11.3 Å². The van der Waals surface area contributed by atoms with Gasteiger partial charge >= 0.3 is 0 Å². The predicted molar refractivity (Wildman–Crippen MR) is 86.8 cm³/mol. The topological polar surface area (TPSA) is 66.4 Å². The van der Waals surface area contributed by atoms with Crippen molar-refractivity contribution in [1.82, 2.24) is 0 Å². The number of aryl methyl sites for hydroxylation is 1. The maximum atomic E-state index is 12.3. The number of nitrogens with one attached hydrogen (secondary N) is 1. The van der Waals surface area contributed by atoms with Crippen LogP contribution in [0.5, 0.6) is 0 Å². The molecule has 112 valence electrons. The summed E-state index contributed by atoms with van der Waals surface area (Å²) in [7, 11) is -3.60. The van der Waals surface area contributed by atoms with Crippen LogP contribution >= 0.6 is 15.9 Å². The Kier molecular flexibility index (Phi) is 5.39. The number of para-hydroxylation sites is 1. The molecule has 0 aliphatic rings. The predicted octanol–water partition coefficient (Wildman–Crippen LogP) is 3.17. The van der Waals surface area contributed by atoms with Crippen LogP contribution in [0.4, 0.5) is 5.69 Å². The van der Waals surface area contributed by atoms with Crippen molar-refractivity contribution in [3.63, 3.8) is 0 Å². The van der Waals surface area contributed by atoms with E-state index in [1.54, 1.807) is 42.5 Å². The summed E-state index contributed by atoms with van der Waals surface area (Å²) < 4.78 is 27.9. The minimum absolute atomic E-state index is 0.129. The lowest BCUT2D eigenvalue weighted by atomic mass is 10.1. The van der Waals surface area contributed by atoms with Crippen LogP contribution in [0.2, 0.25) is 0 Å². The summed E-state index contributed by atoms with van der Waals surface area (Å²) in [6.07, 6.45) is 1.40. The number of hydrogen-bond acceptors (Lipinski definition) is 3. The number of halogens is 1. The maximum absolute atomic E-state index is 12.3. The number of sulfonamides is 1. The van der Waals surface area contributed by atoms with E-state index in [2.05, 4.69) is 20.7 Å². The highest BCUT2D eigenvalue weighted by Crippen LogP contribution is 2.24. The van der Waals surface area contributed by atoms with E-state index < -0.39 is 10.0 Å². The monoisotopic (exact) mass is 369 g/mol. The van der Waals surface area contributed by atoms with E-state index in [4.69, 9.17) is 5.11 Å². The Morgan fingerprint density at radius 1 is 1.05 bits per heavy atom. The van der Waals surface area contributed by atoms with Crippen molar-refractivity contribution >= 4 is 31.6 Å². The second-order valence-electron chi connectivity index (χ2n) is 4.56. The largest absolute Gasteiger partial charge is 0.396 e. The number of benzene rings is 2. The lowest BCUT2D eigenvalue weighted by Crippen LogP contribution is -2.13. The van der Waals surface area contributed by atoms with Gasteiger partial charge in [-0.3, -0.25) is 4.72 Å². The Morgan fingerprint density at radius 2 is 1.71 bits per heavy atom. The van der Waals surface area contributed by atoms with Gasteiger partial charge < -0.3 is 5.11 Å². The summed E-state index contributed by atoms with van der Waals surface area (Å²) in [5.74, 6) is 0. The molecule has 0 aliphatic carbocycles. The number of anilines is 1. The van der Waals surface area contributed by atoms with Gasteiger partial charge in [0.2, 0.25) is 0 Å². The Bertz CT molecular complexity index is 699. The van der Waals surface area contributed by atoms with Gasteiger partial charge in [-0.15, -0.1) is 0 Å². The van der Waals surface area contributed by atoms with Gasteiger partial charge in [-0.25, -0.2) is 8.42 Å². The molecule has 0 spiro atoms. The minimum Gasteiger partial charge on any atom is -0.396 e. The standard InChI is InChI=1S/C15H16BrNO3S/c16-14-5-1-2-6-15(14)17-21(19,20)13-9-7-12(8-10-13)4-3-11-18/h1-2,5-10,17-18H,3-4,11H2. The van der Waals surface area contributed by atoms with Gasteiger partial charge in [0.1, 0.15) is 0 Å². The Balaban J connectivity index is 2.18. The number of aliphatic hydroxyl groups excluding tert-OH is 1. The van der Waals surface area contributed by atoms with E-state index >= 15 is 0 Å². The third-order valence-corrected chi connectivity index (χ3v) is 5.05. The molecule has 0 bridgehead atoms. The zero-order chi connectivity index (χ0) is 15.3. The van der Waals surface area contributed by atoms with Gasteiger partial charge in [-0.1, -0.05) is 24.3 Å². The SMILES string of the molecule is O=S(=O)(Nc1ccccc1Br)c1ccc(CCCO)cc1. The molecule has 2 aromatic carbocycles. The number of rotatable bonds is 6. The van der Waals surface area contributed by atoms with Crippen LogP contribution in [0.1, 0.15) is 12.0 Å². The molecule has 0 atom stereocenters. The molecule has 0 fully saturated rings. The summed E-state index contributed by atoms with van der Waals surface area (Å²) in [6.45, 7) is 0.129. The average Bonchev–Trinajstić information content (AvgIpc) is 2.48. The first-order chi connectivity index (χ1) is 10.0. The van der Waals surface area contributed by atoms with Crippen LogP contribution in [0.3, 0.4) is 0 Å². The second kappa shape index (κ2) is 7.06. The molecular formula is C15H16BrNO3S. The minimum atomic E-state index is -3.60. The van der Waals surface area contributed by atoms with Crippen molar-refractivity contribution in [3.8, 4) is 0 Å². The first-order valence-electron chi connectivity index (χ1n) is 6.50. The van der Waals surface area contributed by atoms with Crippen LogP contribution in [0.15, 0.2) is 57.9 Å². The summed E-state index contributed by atoms with van der Waals surface area (Å²) in [4.78, 5) is 0.214. The summed E-state index contributed by atoms with van der Waals surface area (Å²) in [5, 5.41) is 8.79. The van der Waals surface area contributed by atoms with Gasteiger partial charge in [0.25, 0.3) is 10.0 Å². The highest BCUT2D eigenvalue weighted by Gasteiger charge is 2.15. The molecule has 0 saturated heterocycles. The Labute approximate surface area is 133 Å².